The molecule has 0 aliphatic carbocycles. The van der Waals surface area contributed by atoms with Gasteiger partial charge < -0.3 is 15.1 Å². The van der Waals surface area contributed by atoms with Gasteiger partial charge >= 0.3 is 12.2 Å². The second kappa shape index (κ2) is 7.87. The van der Waals surface area contributed by atoms with Crippen molar-refractivity contribution >= 4 is 29.1 Å². The number of aromatic nitrogens is 1. The van der Waals surface area contributed by atoms with Crippen LogP contribution < -0.4 is 10.2 Å². The monoisotopic (exact) mass is 412 g/mol. The maximum Gasteiger partial charge on any atom is 0.416 e. The quantitative estimate of drug-likeness (QED) is 0.764. The number of benzene rings is 1. The average Bonchev–Trinajstić information content (AvgIpc) is 2.61. The molecule has 0 radical (unpaired) electrons. The Morgan fingerprint density at radius 1 is 1.14 bits per heavy atom. The smallest absolute Gasteiger partial charge is 0.351 e. The van der Waals surface area contributed by atoms with Crippen LogP contribution in [0.3, 0.4) is 0 Å². The molecule has 1 aromatic carbocycles. The lowest BCUT2D eigenvalue weighted by molar-refractivity contribution is -0.137. The first-order chi connectivity index (χ1) is 13.2. The average molecular weight is 413 g/mol. The van der Waals surface area contributed by atoms with E-state index in [1.165, 1.54) is 12.1 Å². The Hall–Kier alpha value is -2.48. The van der Waals surface area contributed by atoms with Crippen molar-refractivity contribution in [2.75, 3.05) is 23.3 Å². The summed E-state index contributed by atoms with van der Waals surface area (Å²) < 4.78 is 38.0. The summed E-state index contributed by atoms with van der Waals surface area (Å²) in [7, 11) is 0. The molecule has 2 heterocycles. The summed E-state index contributed by atoms with van der Waals surface area (Å²) >= 11 is 6.23. The molecular formula is C19H20ClF3N4O. The zero-order chi connectivity index (χ0) is 20.5. The molecule has 1 fully saturated rings. The van der Waals surface area contributed by atoms with Crippen LogP contribution >= 0.6 is 11.6 Å². The Balaban J connectivity index is 1.68. The fraction of sp³-hybridized carbons (Fsp3) is 0.368. The number of urea groups is 1. The Kier molecular flexibility index (Phi) is 5.69. The molecule has 1 aliphatic rings. The van der Waals surface area contributed by atoms with Crippen LogP contribution in [0.5, 0.6) is 0 Å². The number of halogens is 4. The lowest BCUT2D eigenvalue weighted by atomic mass is 10.1. The number of anilines is 2. The van der Waals surface area contributed by atoms with Crippen LogP contribution in [0.25, 0.3) is 0 Å². The molecule has 1 N–H and O–H groups in total. The van der Waals surface area contributed by atoms with Crippen molar-refractivity contribution < 1.29 is 18.0 Å². The number of hydrogen-bond donors (Lipinski definition) is 1. The Morgan fingerprint density at radius 3 is 2.29 bits per heavy atom. The van der Waals surface area contributed by atoms with Gasteiger partial charge in [-0.1, -0.05) is 11.6 Å². The van der Waals surface area contributed by atoms with Gasteiger partial charge in [0.15, 0.2) is 0 Å². The van der Waals surface area contributed by atoms with Crippen molar-refractivity contribution in [2.24, 2.45) is 0 Å². The standard InChI is InChI=1S/C19H20ClF3N4O/c1-12-10-26(17-16(20)4-3-9-24-17)11-13(2)27(12)18(28)25-15-7-5-14(6-8-15)19(21,22)23/h3-9,12-13H,10-11H2,1-2H3,(H,25,28). The van der Waals surface area contributed by atoms with Gasteiger partial charge in [0.2, 0.25) is 0 Å². The molecule has 28 heavy (non-hydrogen) atoms. The predicted octanol–water partition coefficient (Wildman–Crippen LogP) is 4.88. The van der Waals surface area contributed by atoms with Gasteiger partial charge in [0.05, 0.1) is 10.6 Å². The van der Waals surface area contributed by atoms with Gasteiger partial charge in [0.25, 0.3) is 0 Å². The number of pyridine rings is 1. The summed E-state index contributed by atoms with van der Waals surface area (Å²) in [6.07, 6.45) is -2.74. The number of alkyl halides is 3. The molecule has 0 spiro atoms. The van der Waals surface area contributed by atoms with E-state index in [1.54, 1.807) is 23.2 Å². The van der Waals surface area contributed by atoms with Gasteiger partial charge in [-0.15, -0.1) is 0 Å². The number of hydrogen-bond acceptors (Lipinski definition) is 3. The molecule has 9 heteroatoms. The highest BCUT2D eigenvalue weighted by molar-refractivity contribution is 6.32. The van der Waals surface area contributed by atoms with E-state index >= 15 is 0 Å². The van der Waals surface area contributed by atoms with E-state index in [2.05, 4.69) is 10.3 Å². The molecule has 0 bridgehead atoms. The Morgan fingerprint density at radius 2 is 1.75 bits per heavy atom. The minimum atomic E-state index is -4.41. The fourth-order valence-corrected chi connectivity index (χ4v) is 3.68. The van der Waals surface area contributed by atoms with Crippen LogP contribution in [0, 0.1) is 0 Å². The first kappa shape index (κ1) is 20.3. The first-order valence-corrected chi connectivity index (χ1v) is 9.16. The third-order valence-electron chi connectivity index (χ3n) is 4.66. The number of carbonyl (C=O) groups excluding carboxylic acids is 1. The van der Waals surface area contributed by atoms with E-state index in [4.69, 9.17) is 11.6 Å². The van der Waals surface area contributed by atoms with Crippen LogP contribution in [0.2, 0.25) is 5.02 Å². The summed E-state index contributed by atoms with van der Waals surface area (Å²) in [5.41, 5.74) is -0.444. The molecule has 1 aromatic heterocycles. The SMILES string of the molecule is CC1CN(c2ncccc2Cl)CC(C)N1C(=O)Nc1ccc(C(F)(F)F)cc1. The number of carbonyl (C=O) groups is 1. The fourth-order valence-electron chi connectivity index (χ4n) is 3.44. The molecule has 1 aliphatic heterocycles. The van der Waals surface area contributed by atoms with E-state index in [9.17, 15) is 18.0 Å². The molecule has 150 valence electrons. The van der Waals surface area contributed by atoms with Gasteiger partial charge in [-0.3, -0.25) is 0 Å². The van der Waals surface area contributed by atoms with E-state index in [0.29, 0.717) is 29.6 Å². The zero-order valence-electron chi connectivity index (χ0n) is 15.4. The first-order valence-electron chi connectivity index (χ1n) is 8.79. The summed E-state index contributed by atoms with van der Waals surface area (Å²) in [5, 5.41) is 3.22. The molecular weight excluding hydrogens is 393 g/mol. The third kappa shape index (κ3) is 4.32. The molecule has 1 saturated heterocycles. The number of nitrogens with one attached hydrogen (secondary N) is 1. The number of nitrogens with zero attached hydrogens (tertiary/aromatic N) is 3. The maximum absolute atomic E-state index is 12.7. The maximum atomic E-state index is 12.7. The van der Waals surface area contributed by atoms with Gasteiger partial charge in [-0.05, 0) is 50.2 Å². The van der Waals surface area contributed by atoms with Crippen LogP contribution in [0.15, 0.2) is 42.6 Å². The lowest BCUT2D eigenvalue weighted by Crippen LogP contribution is -2.60. The molecule has 2 amide bonds. The minimum Gasteiger partial charge on any atom is -0.351 e. The second-order valence-electron chi connectivity index (χ2n) is 6.82. The minimum absolute atomic E-state index is 0.142. The summed E-state index contributed by atoms with van der Waals surface area (Å²) in [5.74, 6) is 0.672. The Bertz CT molecular complexity index is 832. The molecule has 2 aromatic rings. The highest BCUT2D eigenvalue weighted by Crippen LogP contribution is 2.30. The van der Waals surface area contributed by atoms with Crippen molar-refractivity contribution in [3.05, 3.63) is 53.2 Å². The normalized spacial score (nSPS) is 20.2. The van der Waals surface area contributed by atoms with Crippen molar-refractivity contribution in [3.63, 3.8) is 0 Å². The van der Waals surface area contributed by atoms with E-state index in [-0.39, 0.29) is 18.1 Å². The molecule has 3 rings (SSSR count). The van der Waals surface area contributed by atoms with E-state index in [0.717, 1.165) is 12.1 Å². The summed E-state index contributed by atoms with van der Waals surface area (Å²) in [6.45, 7) is 4.90. The summed E-state index contributed by atoms with van der Waals surface area (Å²) in [6, 6.07) is 7.28. The van der Waals surface area contributed by atoms with Crippen LogP contribution in [0.4, 0.5) is 29.5 Å². The molecule has 0 saturated carbocycles. The molecule has 2 unspecified atom stereocenters. The number of piperazine rings is 1. The van der Waals surface area contributed by atoms with Crippen molar-refractivity contribution in [2.45, 2.75) is 32.1 Å². The zero-order valence-corrected chi connectivity index (χ0v) is 16.1. The van der Waals surface area contributed by atoms with Crippen LogP contribution in [0.1, 0.15) is 19.4 Å². The third-order valence-corrected chi connectivity index (χ3v) is 4.95. The largest absolute Gasteiger partial charge is 0.416 e. The number of rotatable bonds is 2. The van der Waals surface area contributed by atoms with Gasteiger partial charge in [0.1, 0.15) is 5.82 Å². The molecule has 5 nitrogen and oxygen atoms in total. The predicted molar refractivity (Wildman–Crippen MR) is 103 cm³/mol. The van der Waals surface area contributed by atoms with Crippen molar-refractivity contribution in [3.8, 4) is 0 Å². The Labute approximate surface area is 166 Å². The highest BCUT2D eigenvalue weighted by Gasteiger charge is 2.34. The summed E-state index contributed by atoms with van der Waals surface area (Å²) in [4.78, 5) is 20.7. The van der Waals surface area contributed by atoms with Crippen LogP contribution in [-0.4, -0.2) is 41.1 Å². The molecule has 2 atom stereocenters. The lowest BCUT2D eigenvalue weighted by Gasteiger charge is -2.44. The van der Waals surface area contributed by atoms with Crippen molar-refractivity contribution in [1.29, 1.82) is 0 Å². The van der Waals surface area contributed by atoms with Gasteiger partial charge in [-0.2, -0.15) is 13.2 Å². The topological polar surface area (TPSA) is 48.5 Å². The van der Waals surface area contributed by atoms with Crippen LogP contribution in [-0.2, 0) is 6.18 Å². The van der Waals surface area contributed by atoms with E-state index < -0.39 is 11.7 Å². The number of amides is 2. The van der Waals surface area contributed by atoms with Crippen molar-refractivity contribution in [1.82, 2.24) is 9.88 Å². The van der Waals surface area contributed by atoms with E-state index in [1.807, 2.05) is 18.7 Å². The van der Waals surface area contributed by atoms with Gasteiger partial charge in [-0.25, -0.2) is 9.78 Å². The highest BCUT2D eigenvalue weighted by atomic mass is 35.5. The second-order valence-corrected chi connectivity index (χ2v) is 7.23. The van der Waals surface area contributed by atoms with Gasteiger partial charge in [0, 0.05) is 37.1 Å².